The topological polar surface area (TPSA) is 26.3 Å². The first kappa shape index (κ1) is 29.1. The van der Waals surface area contributed by atoms with Gasteiger partial charge in [-0.3, -0.25) is 4.79 Å². The Kier molecular flexibility index (Phi) is 6.73. The number of ether oxygens (including phenoxy) is 1. The number of hydrogen-bond acceptors (Lipinski definition) is 2. The molecule has 1 unspecified atom stereocenters. The van der Waals surface area contributed by atoms with Crippen LogP contribution in [0.25, 0.3) is 28.0 Å². The van der Waals surface area contributed by atoms with Crippen molar-refractivity contribution in [2.75, 3.05) is 0 Å². The van der Waals surface area contributed by atoms with Crippen LogP contribution >= 0.6 is 0 Å². The van der Waals surface area contributed by atoms with Gasteiger partial charge in [0, 0.05) is 38.6 Å². The van der Waals surface area contributed by atoms with Gasteiger partial charge in [-0.1, -0.05) is 117 Å². The Morgan fingerprint density at radius 1 is 0.681 bits per heavy atom. The van der Waals surface area contributed by atoms with E-state index in [1.807, 2.05) is 97.1 Å². The Morgan fingerprint density at radius 3 is 2.00 bits per heavy atom. The monoisotopic (exact) mass is 618 g/mol. The van der Waals surface area contributed by atoms with E-state index in [9.17, 15) is 9.18 Å². The Balaban J connectivity index is 1.37. The van der Waals surface area contributed by atoms with Gasteiger partial charge in [-0.25, -0.2) is 8.78 Å². The molecule has 0 spiro atoms. The summed E-state index contributed by atoms with van der Waals surface area (Å²) in [6.07, 6.45) is 5.71. The minimum Gasteiger partial charge on any atom is -0.472 e. The van der Waals surface area contributed by atoms with Crippen molar-refractivity contribution in [2.45, 2.75) is 37.7 Å². The number of hydrogen-bond donors (Lipinski definition) is 0. The van der Waals surface area contributed by atoms with E-state index in [1.165, 1.54) is 12.1 Å². The molecule has 6 aromatic rings. The first-order chi connectivity index (χ1) is 22.9. The fourth-order valence-corrected chi connectivity index (χ4v) is 7.93. The summed E-state index contributed by atoms with van der Waals surface area (Å²) in [4.78, 5) is 13.3. The fourth-order valence-electron chi connectivity index (χ4n) is 7.93. The van der Waals surface area contributed by atoms with Crippen LogP contribution in [0.5, 0.6) is 5.75 Å². The van der Waals surface area contributed by atoms with E-state index >= 15 is 4.39 Å². The zero-order chi connectivity index (χ0) is 32.3. The maximum Gasteiger partial charge on any atom is 0.193 e. The van der Waals surface area contributed by atoms with Crippen molar-refractivity contribution in [3.63, 3.8) is 0 Å². The van der Waals surface area contributed by atoms with Crippen LogP contribution in [0.3, 0.4) is 0 Å². The fraction of sp³-hybridized carbons (Fsp3) is 0.140. The molecule has 0 N–H and O–H groups in total. The van der Waals surface area contributed by atoms with Gasteiger partial charge in [0.1, 0.15) is 17.4 Å². The molecule has 0 amide bonds. The summed E-state index contributed by atoms with van der Waals surface area (Å²) >= 11 is 0. The van der Waals surface area contributed by atoms with Crippen LogP contribution in [0, 0.1) is 11.6 Å². The molecule has 1 aliphatic carbocycles. The van der Waals surface area contributed by atoms with Crippen LogP contribution < -0.4 is 4.74 Å². The van der Waals surface area contributed by atoms with Gasteiger partial charge in [-0.15, -0.1) is 0 Å². The molecule has 0 saturated heterocycles. The molecular weight excluding hydrogens is 586 g/mol. The van der Waals surface area contributed by atoms with Crippen molar-refractivity contribution in [1.82, 2.24) is 0 Å². The van der Waals surface area contributed by atoms with Gasteiger partial charge >= 0.3 is 0 Å². The van der Waals surface area contributed by atoms with Crippen molar-refractivity contribution in [1.29, 1.82) is 0 Å². The highest BCUT2D eigenvalue weighted by Crippen LogP contribution is 2.60. The van der Waals surface area contributed by atoms with Crippen molar-refractivity contribution in [3.8, 4) is 16.9 Å². The molecular formula is C43H32F2O2. The highest BCUT2D eigenvalue weighted by molar-refractivity contribution is 6.09. The second kappa shape index (κ2) is 10.9. The highest BCUT2D eigenvalue weighted by atomic mass is 19.1. The van der Waals surface area contributed by atoms with E-state index in [1.54, 1.807) is 12.1 Å². The van der Waals surface area contributed by atoms with Crippen LogP contribution in [0.15, 0.2) is 127 Å². The van der Waals surface area contributed by atoms with Crippen molar-refractivity contribution < 1.29 is 18.3 Å². The molecule has 4 heteroatoms. The summed E-state index contributed by atoms with van der Waals surface area (Å²) in [7, 11) is 0. The van der Waals surface area contributed by atoms with Gasteiger partial charge in [0.05, 0.1) is 0 Å². The van der Waals surface area contributed by atoms with Crippen molar-refractivity contribution in [2.24, 2.45) is 0 Å². The Labute approximate surface area is 273 Å². The van der Waals surface area contributed by atoms with E-state index in [-0.39, 0.29) is 17.4 Å². The maximum absolute atomic E-state index is 15.1. The molecule has 0 fully saturated rings. The first-order valence-corrected chi connectivity index (χ1v) is 16.1. The SMILES string of the molecule is CCC1(CC)c2cc(F)ccc2-c2c1c1c(c3cc(F)ccc23)OC(c2ccccc2)(c2ccc(C(=O)c3ccccc3)cc2)C=C1. The van der Waals surface area contributed by atoms with E-state index in [0.717, 1.165) is 57.2 Å². The number of ketones is 1. The molecule has 47 heavy (non-hydrogen) atoms. The lowest BCUT2D eigenvalue weighted by Gasteiger charge is -2.39. The highest BCUT2D eigenvalue weighted by Gasteiger charge is 2.47. The standard InChI is InChI=1S/C43H32F2O2/c1-3-42(4-2)37-26-32(45)20-22-34(37)38-33-21-19-31(44)25-36(33)41-35(39(38)42)23-24-43(47-41,29-13-9-6-10-14-29)30-17-15-28(16-18-30)40(46)27-11-7-5-8-12-27/h5-26H,3-4H2,1-2H3. The summed E-state index contributed by atoms with van der Waals surface area (Å²) in [5.41, 5.74) is 6.38. The number of fused-ring (bicyclic) bond motifs is 8. The minimum absolute atomic E-state index is 0.0557. The molecule has 0 saturated carbocycles. The predicted octanol–water partition coefficient (Wildman–Crippen LogP) is 10.8. The first-order valence-electron chi connectivity index (χ1n) is 16.1. The summed E-state index contributed by atoms with van der Waals surface area (Å²) < 4.78 is 37.2. The third kappa shape index (κ3) is 4.24. The molecule has 1 heterocycles. The smallest absolute Gasteiger partial charge is 0.193 e. The van der Waals surface area contributed by atoms with E-state index in [2.05, 4.69) is 26.0 Å². The average Bonchev–Trinajstić information content (AvgIpc) is 3.41. The largest absolute Gasteiger partial charge is 0.472 e. The van der Waals surface area contributed by atoms with Crippen LogP contribution in [0.1, 0.15) is 70.4 Å². The molecule has 1 aliphatic heterocycles. The molecule has 0 aromatic heterocycles. The number of benzene rings is 6. The zero-order valence-electron chi connectivity index (χ0n) is 26.2. The quantitative estimate of drug-likeness (QED) is 0.174. The van der Waals surface area contributed by atoms with Gasteiger partial charge in [-0.2, -0.15) is 0 Å². The molecule has 8 rings (SSSR count). The van der Waals surface area contributed by atoms with Crippen LogP contribution in [-0.4, -0.2) is 5.78 Å². The van der Waals surface area contributed by atoms with Gasteiger partial charge in [0.25, 0.3) is 0 Å². The van der Waals surface area contributed by atoms with E-state index in [0.29, 0.717) is 22.3 Å². The van der Waals surface area contributed by atoms with Crippen molar-refractivity contribution >= 4 is 22.6 Å². The Morgan fingerprint density at radius 2 is 1.30 bits per heavy atom. The molecule has 2 aliphatic rings. The second-order valence-electron chi connectivity index (χ2n) is 12.5. The van der Waals surface area contributed by atoms with Crippen LogP contribution in [-0.2, 0) is 11.0 Å². The lowest BCUT2D eigenvalue weighted by molar-refractivity contribution is 0.103. The molecule has 0 bridgehead atoms. The molecule has 6 aromatic carbocycles. The number of carbonyl (C=O) groups is 1. The zero-order valence-corrected chi connectivity index (χ0v) is 26.2. The van der Waals surface area contributed by atoms with Crippen LogP contribution in [0.2, 0.25) is 0 Å². The number of carbonyl (C=O) groups excluding carboxylic acids is 1. The Bertz CT molecular complexity index is 2220. The predicted molar refractivity (Wildman–Crippen MR) is 184 cm³/mol. The van der Waals surface area contributed by atoms with E-state index < -0.39 is 11.0 Å². The summed E-state index contributed by atoms with van der Waals surface area (Å²) in [6.45, 7) is 4.29. The average molecular weight is 619 g/mol. The number of halogens is 2. The summed E-state index contributed by atoms with van der Waals surface area (Å²) in [5.74, 6) is -0.0916. The van der Waals surface area contributed by atoms with Gasteiger partial charge in [-0.05, 0) is 70.8 Å². The molecule has 2 nitrogen and oxygen atoms in total. The second-order valence-corrected chi connectivity index (χ2v) is 12.5. The number of rotatable bonds is 6. The lowest BCUT2D eigenvalue weighted by Crippen LogP contribution is -2.35. The van der Waals surface area contributed by atoms with Crippen LogP contribution in [0.4, 0.5) is 8.78 Å². The molecule has 1 atom stereocenters. The van der Waals surface area contributed by atoms with Gasteiger partial charge in [0.15, 0.2) is 11.4 Å². The van der Waals surface area contributed by atoms with E-state index in [4.69, 9.17) is 4.74 Å². The normalized spacial score (nSPS) is 17.1. The Hall–Kier alpha value is -5.35. The maximum atomic E-state index is 15.1. The summed E-state index contributed by atoms with van der Waals surface area (Å²) in [6, 6.07) is 36.7. The minimum atomic E-state index is -1.06. The third-order valence-corrected chi connectivity index (χ3v) is 10.3. The summed E-state index contributed by atoms with van der Waals surface area (Å²) in [5, 5.41) is 1.54. The van der Waals surface area contributed by atoms with Crippen molar-refractivity contribution in [3.05, 3.63) is 178 Å². The van der Waals surface area contributed by atoms with Gasteiger partial charge in [0.2, 0.25) is 0 Å². The third-order valence-electron chi connectivity index (χ3n) is 10.3. The molecule has 230 valence electrons. The lowest BCUT2D eigenvalue weighted by atomic mass is 9.71. The van der Waals surface area contributed by atoms with Gasteiger partial charge < -0.3 is 4.74 Å². The molecule has 0 radical (unpaired) electrons.